The molecule has 2 aliphatic heterocycles. The summed E-state index contributed by atoms with van der Waals surface area (Å²) in [6, 6.07) is 4.95. The molecule has 9 heteroatoms. The van der Waals surface area contributed by atoms with Gasteiger partial charge in [0.1, 0.15) is 24.0 Å². The van der Waals surface area contributed by atoms with Crippen molar-refractivity contribution in [2.75, 3.05) is 31.6 Å². The number of nitrogens with zero attached hydrogens (tertiary/aromatic N) is 2. The van der Waals surface area contributed by atoms with E-state index in [1.165, 1.54) is 0 Å². The Morgan fingerprint density at radius 1 is 1.13 bits per heavy atom. The van der Waals surface area contributed by atoms with Crippen LogP contribution in [0.25, 0.3) is 0 Å². The van der Waals surface area contributed by atoms with Gasteiger partial charge in [-0.25, -0.2) is 0 Å². The maximum absolute atomic E-state index is 11.1. The minimum absolute atomic E-state index is 0.102. The van der Waals surface area contributed by atoms with Crippen LogP contribution in [-0.2, 0) is 4.74 Å². The first-order chi connectivity index (χ1) is 14.5. The summed E-state index contributed by atoms with van der Waals surface area (Å²) in [7, 11) is 0. The van der Waals surface area contributed by atoms with E-state index >= 15 is 0 Å². The van der Waals surface area contributed by atoms with Crippen molar-refractivity contribution in [1.29, 1.82) is 0 Å². The molecule has 0 amide bonds. The van der Waals surface area contributed by atoms with E-state index in [-0.39, 0.29) is 19.3 Å². The van der Waals surface area contributed by atoms with E-state index < -0.39 is 24.4 Å². The number of aliphatic hydroxyl groups is 4. The quantitative estimate of drug-likeness (QED) is 0.267. The summed E-state index contributed by atoms with van der Waals surface area (Å²) in [6.45, 7) is 1.33. The number of anilines is 1. The number of ether oxygens (including phenoxy) is 1. The zero-order chi connectivity index (χ0) is 21.5. The molecule has 1 aromatic carbocycles. The van der Waals surface area contributed by atoms with Gasteiger partial charge in [-0.1, -0.05) is 18.9 Å². The van der Waals surface area contributed by atoms with E-state index in [4.69, 9.17) is 4.74 Å². The smallest absolute Gasteiger partial charge is 0.144 e. The number of unbranched alkanes of at least 4 members (excludes halogenated alkanes) is 3. The van der Waals surface area contributed by atoms with Gasteiger partial charge in [0.2, 0.25) is 0 Å². The molecule has 9 nitrogen and oxygen atoms in total. The highest BCUT2D eigenvalue weighted by atomic mass is 16.5. The number of rotatable bonds is 11. The molecule has 0 spiro atoms. The monoisotopic (exact) mass is 421 g/mol. The van der Waals surface area contributed by atoms with Crippen molar-refractivity contribution in [1.82, 2.24) is 4.90 Å². The largest absolute Gasteiger partial charge is 0.489 e. The summed E-state index contributed by atoms with van der Waals surface area (Å²) in [6.07, 6.45) is 3.75. The average molecular weight is 421 g/mol. The van der Waals surface area contributed by atoms with Gasteiger partial charge >= 0.3 is 0 Å². The number of hydrogen-bond acceptors (Lipinski definition) is 9. The number of piperidine rings is 1. The molecule has 0 saturated carbocycles. The summed E-state index contributed by atoms with van der Waals surface area (Å²) in [5.41, 5.74) is 1.98. The van der Waals surface area contributed by atoms with Crippen LogP contribution in [0.5, 0.6) is 0 Å². The Morgan fingerprint density at radius 2 is 1.90 bits per heavy atom. The Labute approximate surface area is 175 Å². The van der Waals surface area contributed by atoms with Gasteiger partial charge in [-0.3, -0.25) is 4.90 Å². The van der Waals surface area contributed by atoms with Crippen LogP contribution < -0.4 is 5.32 Å². The molecule has 3 rings (SSSR count). The molecule has 2 heterocycles. The van der Waals surface area contributed by atoms with E-state index in [1.54, 1.807) is 12.3 Å². The summed E-state index contributed by atoms with van der Waals surface area (Å²) < 4.78 is 5.26. The van der Waals surface area contributed by atoms with Crippen LogP contribution in [0, 0.1) is 4.91 Å². The molecule has 5 atom stereocenters. The number of β-amino-alcohol motifs (C(OH)–C–C–N with tert-alkyl or cyclic N) is 1. The molecule has 5 N–H and O–H groups in total. The fourth-order valence-corrected chi connectivity index (χ4v) is 3.95. The summed E-state index contributed by atoms with van der Waals surface area (Å²) in [4.78, 5) is 13.0. The molecule has 1 saturated heterocycles. The van der Waals surface area contributed by atoms with Crippen LogP contribution in [0.3, 0.4) is 0 Å². The lowest BCUT2D eigenvalue weighted by molar-refractivity contribution is -0.145. The second-order valence-corrected chi connectivity index (χ2v) is 7.89. The van der Waals surface area contributed by atoms with E-state index in [0.717, 1.165) is 31.2 Å². The van der Waals surface area contributed by atoms with Gasteiger partial charge in [-0.2, -0.15) is 0 Å². The lowest BCUT2D eigenvalue weighted by Crippen LogP contribution is -2.62. The highest BCUT2D eigenvalue weighted by molar-refractivity contribution is 5.66. The third-order valence-corrected chi connectivity index (χ3v) is 5.83. The Bertz CT molecular complexity index is 731. The van der Waals surface area contributed by atoms with Crippen molar-refractivity contribution >= 4 is 11.4 Å². The normalized spacial score (nSPS) is 28.6. The standard InChI is InChI=1S/C21H31N3O6/c25-13-17-20(27)21(28)18(26)12-24(17)9-4-2-1-3-8-22-15-6-5-14(11-16(15)23-29)19-7-10-30-19/h5-7,10-11,17-22,25-28H,1-4,8-9,12-13H2/t17?,18-,19?,20+,21+/m0/s1. The molecule has 166 valence electrons. The third-order valence-electron chi connectivity index (χ3n) is 5.83. The Balaban J connectivity index is 1.35. The van der Waals surface area contributed by atoms with Crippen molar-refractivity contribution < 1.29 is 25.2 Å². The molecule has 2 unspecified atom stereocenters. The minimum Gasteiger partial charge on any atom is -0.489 e. The van der Waals surface area contributed by atoms with E-state index in [2.05, 4.69) is 10.5 Å². The number of aliphatic hydroxyl groups excluding tert-OH is 4. The van der Waals surface area contributed by atoms with Crippen molar-refractivity contribution in [2.45, 2.75) is 56.1 Å². The Morgan fingerprint density at radius 3 is 2.57 bits per heavy atom. The number of hydrogen-bond donors (Lipinski definition) is 5. The SMILES string of the molecule is O=Nc1cc(C2C=CO2)ccc1NCCCCCCN1C[C@H](O)[C@@H](O)[C@H](O)C1CO. The van der Waals surface area contributed by atoms with Crippen molar-refractivity contribution in [3.8, 4) is 0 Å². The maximum Gasteiger partial charge on any atom is 0.144 e. The van der Waals surface area contributed by atoms with E-state index in [1.807, 2.05) is 23.1 Å². The molecule has 0 bridgehead atoms. The van der Waals surface area contributed by atoms with Crippen molar-refractivity contribution in [3.63, 3.8) is 0 Å². The number of likely N-dealkylation sites (tertiary alicyclic amines) is 1. The fourth-order valence-electron chi connectivity index (χ4n) is 3.95. The summed E-state index contributed by atoms with van der Waals surface area (Å²) in [5.74, 6) is 0. The Kier molecular flexibility index (Phi) is 8.17. The second kappa shape index (κ2) is 10.8. The molecular formula is C21H31N3O6. The van der Waals surface area contributed by atoms with Crippen molar-refractivity contribution in [3.05, 3.63) is 41.0 Å². The molecule has 2 aliphatic rings. The average Bonchev–Trinajstić information content (AvgIpc) is 2.71. The fraction of sp³-hybridized carbons (Fsp3) is 0.619. The zero-order valence-corrected chi connectivity index (χ0v) is 16.9. The molecule has 0 radical (unpaired) electrons. The summed E-state index contributed by atoms with van der Waals surface area (Å²) in [5, 5.41) is 45.4. The molecular weight excluding hydrogens is 390 g/mol. The molecule has 30 heavy (non-hydrogen) atoms. The Hall–Kier alpha value is -2.04. The highest BCUT2D eigenvalue weighted by Crippen LogP contribution is 2.33. The first kappa shape index (κ1) is 22.6. The van der Waals surface area contributed by atoms with Crippen LogP contribution in [0.1, 0.15) is 37.4 Å². The number of benzene rings is 1. The highest BCUT2D eigenvalue weighted by Gasteiger charge is 2.40. The predicted molar refractivity (Wildman–Crippen MR) is 112 cm³/mol. The van der Waals surface area contributed by atoms with Gasteiger partial charge < -0.3 is 30.5 Å². The maximum atomic E-state index is 11.1. The van der Waals surface area contributed by atoms with Crippen LogP contribution in [0.2, 0.25) is 0 Å². The third kappa shape index (κ3) is 5.35. The van der Waals surface area contributed by atoms with E-state index in [0.29, 0.717) is 24.5 Å². The second-order valence-electron chi connectivity index (χ2n) is 7.89. The van der Waals surface area contributed by atoms with Crippen LogP contribution in [0.4, 0.5) is 11.4 Å². The van der Waals surface area contributed by atoms with Crippen LogP contribution >= 0.6 is 0 Å². The molecule has 1 aromatic rings. The minimum atomic E-state index is -1.22. The van der Waals surface area contributed by atoms with Gasteiger partial charge in [0.05, 0.1) is 30.7 Å². The van der Waals surface area contributed by atoms with Gasteiger partial charge in [-0.15, -0.1) is 4.91 Å². The number of nitroso groups, excluding NO2 is 1. The lowest BCUT2D eigenvalue weighted by Gasteiger charge is -2.43. The van der Waals surface area contributed by atoms with Gasteiger partial charge in [-0.05, 0) is 48.3 Å². The topological polar surface area (TPSA) is 135 Å². The number of nitrogens with one attached hydrogen (secondary N) is 1. The van der Waals surface area contributed by atoms with Gasteiger partial charge in [0, 0.05) is 13.1 Å². The van der Waals surface area contributed by atoms with Crippen LogP contribution in [0.15, 0.2) is 35.7 Å². The molecule has 1 fully saturated rings. The molecule has 0 aromatic heterocycles. The van der Waals surface area contributed by atoms with Gasteiger partial charge in [0.25, 0.3) is 0 Å². The predicted octanol–water partition coefficient (Wildman–Crippen LogP) is 1.40. The summed E-state index contributed by atoms with van der Waals surface area (Å²) >= 11 is 0. The lowest BCUT2D eigenvalue weighted by atomic mass is 9.94. The first-order valence-electron chi connectivity index (χ1n) is 10.5. The molecule has 0 aliphatic carbocycles. The zero-order valence-electron chi connectivity index (χ0n) is 16.9. The van der Waals surface area contributed by atoms with Gasteiger partial charge in [0.15, 0.2) is 0 Å². The van der Waals surface area contributed by atoms with Crippen LogP contribution in [-0.4, -0.2) is 75.9 Å². The first-order valence-corrected chi connectivity index (χ1v) is 10.5. The van der Waals surface area contributed by atoms with Crippen molar-refractivity contribution in [2.24, 2.45) is 5.18 Å². The van der Waals surface area contributed by atoms with E-state index in [9.17, 15) is 25.3 Å².